The van der Waals surface area contributed by atoms with Crippen molar-refractivity contribution in [3.63, 3.8) is 0 Å². The fourth-order valence-corrected chi connectivity index (χ4v) is 5.09. The molecule has 0 radical (unpaired) electrons. The number of aromatic nitrogens is 5. The number of H-pyrrole nitrogens is 1. The lowest BCUT2D eigenvalue weighted by Crippen LogP contribution is -2.35. The molecule has 9 nitrogen and oxygen atoms in total. The van der Waals surface area contributed by atoms with Crippen molar-refractivity contribution in [3.05, 3.63) is 74.8 Å². The lowest BCUT2D eigenvalue weighted by Gasteiger charge is -2.32. The van der Waals surface area contributed by atoms with Gasteiger partial charge in [-0.2, -0.15) is 0 Å². The summed E-state index contributed by atoms with van der Waals surface area (Å²) >= 11 is 0. The van der Waals surface area contributed by atoms with Crippen LogP contribution in [-0.4, -0.2) is 36.9 Å². The first-order valence-electron chi connectivity index (χ1n) is 12.7. The van der Waals surface area contributed by atoms with Crippen LogP contribution in [0.5, 0.6) is 11.5 Å². The molecule has 37 heavy (non-hydrogen) atoms. The highest BCUT2D eigenvalue weighted by Crippen LogP contribution is 2.35. The zero-order chi connectivity index (χ0) is 26.3. The number of benzene rings is 2. The van der Waals surface area contributed by atoms with E-state index in [1.165, 1.54) is 0 Å². The van der Waals surface area contributed by atoms with Gasteiger partial charge in [-0.05, 0) is 92.4 Å². The largest absolute Gasteiger partial charge is 0.454 e. The van der Waals surface area contributed by atoms with E-state index in [0.29, 0.717) is 18.7 Å². The number of aryl methyl sites for hydroxylation is 2. The van der Waals surface area contributed by atoms with Crippen molar-refractivity contribution in [3.8, 4) is 11.5 Å². The number of tetrazole rings is 1. The van der Waals surface area contributed by atoms with Crippen LogP contribution in [0.4, 0.5) is 0 Å². The standard InChI is InChI=1S/C28H34N6O3/c1-7-23(26-30-31-32-34(26)28(4,5)6)33(14-19-8-9-24-25(12-19)37-16-36-24)15-20-13-21-18(3)10-17(2)11-22(21)29-27(20)35/h8-13,23H,7,14-16H2,1-6H3,(H,29,35)/t23-/m0/s1. The summed E-state index contributed by atoms with van der Waals surface area (Å²) in [6.07, 6.45) is 0.769. The van der Waals surface area contributed by atoms with E-state index in [0.717, 1.165) is 51.3 Å². The van der Waals surface area contributed by atoms with Crippen LogP contribution in [-0.2, 0) is 18.6 Å². The molecule has 9 heteroatoms. The summed E-state index contributed by atoms with van der Waals surface area (Å²) in [5, 5.41) is 13.8. The quantitative estimate of drug-likeness (QED) is 0.389. The maximum absolute atomic E-state index is 13.3. The van der Waals surface area contributed by atoms with Crippen molar-refractivity contribution in [2.75, 3.05) is 6.79 Å². The van der Waals surface area contributed by atoms with Crippen LogP contribution in [0, 0.1) is 13.8 Å². The van der Waals surface area contributed by atoms with Crippen molar-refractivity contribution in [1.29, 1.82) is 0 Å². The maximum Gasteiger partial charge on any atom is 0.252 e. The summed E-state index contributed by atoms with van der Waals surface area (Å²) in [4.78, 5) is 18.6. The Morgan fingerprint density at radius 2 is 1.86 bits per heavy atom. The summed E-state index contributed by atoms with van der Waals surface area (Å²) < 4.78 is 13.0. The van der Waals surface area contributed by atoms with E-state index in [4.69, 9.17) is 9.47 Å². The number of fused-ring (bicyclic) bond motifs is 2. The third-order valence-electron chi connectivity index (χ3n) is 6.84. The SMILES string of the molecule is CC[C@@H](c1nnnn1C(C)(C)C)N(Cc1ccc2c(c1)OCO2)Cc1cc2c(C)cc(C)cc2[nH]c1=O. The number of hydrogen-bond acceptors (Lipinski definition) is 7. The van der Waals surface area contributed by atoms with Crippen molar-refractivity contribution in [2.24, 2.45) is 0 Å². The molecule has 2 aromatic heterocycles. The molecule has 194 valence electrons. The van der Waals surface area contributed by atoms with Gasteiger partial charge in [-0.1, -0.05) is 19.1 Å². The number of pyridine rings is 1. The van der Waals surface area contributed by atoms with Crippen LogP contribution in [0.3, 0.4) is 0 Å². The van der Waals surface area contributed by atoms with Gasteiger partial charge in [-0.15, -0.1) is 5.10 Å². The van der Waals surface area contributed by atoms with E-state index in [2.05, 4.69) is 66.1 Å². The molecule has 1 N–H and O–H groups in total. The Bertz CT molecular complexity index is 1500. The highest BCUT2D eigenvalue weighted by molar-refractivity contribution is 5.83. The molecule has 0 spiro atoms. The molecule has 0 saturated heterocycles. The summed E-state index contributed by atoms with van der Waals surface area (Å²) in [5.41, 5.74) is 4.51. The number of rotatable bonds is 7. The molecule has 0 aliphatic carbocycles. The second kappa shape index (κ2) is 9.63. The van der Waals surface area contributed by atoms with Crippen LogP contribution < -0.4 is 15.0 Å². The summed E-state index contributed by atoms with van der Waals surface area (Å²) in [6, 6.07) is 12.0. The number of nitrogens with one attached hydrogen (secondary N) is 1. The summed E-state index contributed by atoms with van der Waals surface area (Å²) in [5.74, 6) is 2.26. The Morgan fingerprint density at radius 1 is 1.08 bits per heavy atom. The molecule has 0 bridgehead atoms. The predicted molar refractivity (Wildman–Crippen MR) is 142 cm³/mol. The number of nitrogens with zero attached hydrogens (tertiary/aromatic N) is 5. The minimum Gasteiger partial charge on any atom is -0.454 e. The van der Waals surface area contributed by atoms with Gasteiger partial charge in [0, 0.05) is 29.6 Å². The summed E-state index contributed by atoms with van der Waals surface area (Å²) in [7, 11) is 0. The number of aromatic amines is 1. The Morgan fingerprint density at radius 3 is 2.62 bits per heavy atom. The second-order valence-electron chi connectivity index (χ2n) is 10.8. The lowest BCUT2D eigenvalue weighted by molar-refractivity contribution is 0.153. The molecule has 2 aromatic carbocycles. The zero-order valence-electron chi connectivity index (χ0n) is 22.3. The lowest BCUT2D eigenvalue weighted by atomic mass is 10.0. The van der Waals surface area contributed by atoms with E-state index < -0.39 is 0 Å². The van der Waals surface area contributed by atoms with Gasteiger partial charge in [0.2, 0.25) is 6.79 Å². The van der Waals surface area contributed by atoms with Crippen molar-refractivity contribution in [2.45, 2.75) is 72.6 Å². The number of hydrogen-bond donors (Lipinski definition) is 1. The minimum absolute atomic E-state index is 0.0848. The normalized spacial score (nSPS) is 14.0. The van der Waals surface area contributed by atoms with Gasteiger partial charge in [0.05, 0.1) is 11.6 Å². The zero-order valence-corrected chi connectivity index (χ0v) is 22.3. The highest BCUT2D eigenvalue weighted by Gasteiger charge is 2.30. The Hall–Kier alpha value is -3.72. The maximum atomic E-state index is 13.3. The molecule has 0 unspecified atom stereocenters. The van der Waals surface area contributed by atoms with Gasteiger partial charge in [0.15, 0.2) is 17.3 Å². The van der Waals surface area contributed by atoms with Gasteiger partial charge >= 0.3 is 0 Å². The Labute approximate surface area is 216 Å². The van der Waals surface area contributed by atoms with Crippen molar-refractivity contribution < 1.29 is 9.47 Å². The molecule has 0 saturated carbocycles. The van der Waals surface area contributed by atoms with E-state index in [1.54, 1.807) is 0 Å². The first-order chi connectivity index (χ1) is 17.6. The third kappa shape index (κ3) is 4.96. The first-order valence-corrected chi connectivity index (χ1v) is 12.7. The van der Waals surface area contributed by atoms with Crippen LogP contribution >= 0.6 is 0 Å². The topological polar surface area (TPSA) is 98.2 Å². The van der Waals surface area contributed by atoms with E-state index in [-0.39, 0.29) is 23.9 Å². The predicted octanol–water partition coefficient (Wildman–Crippen LogP) is 4.77. The first kappa shape index (κ1) is 25.0. The Kier molecular flexibility index (Phi) is 6.49. The van der Waals surface area contributed by atoms with Gasteiger partial charge in [-0.3, -0.25) is 9.69 Å². The summed E-state index contributed by atoms with van der Waals surface area (Å²) in [6.45, 7) is 13.7. The van der Waals surface area contributed by atoms with Crippen LogP contribution in [0.1, 0.15) is 68.2 Å². The monoisotopic (exact) mass is 502 g/mol. The van der Waals surface area contributed by atoms with Gasteiger partial charge in [-0.25, -0.2) is 4.68 Å². The smallest absolute Gasteiger partial charge is 0.252 e. The third-order valence-corrected chi connectivity index (χ3v) is 6.84. The molecular weight excluding hydrogens is 468 g/mol. The molecular formula is C28H34N6O3. The fourth-order valence-electron chi connectivity index (χ4n) is 5.09. The average Bonchev–Trinajstić information content (AvgIpc) is 3.50. The number of ether oxygens (including phenoxy) is 2. The van der Waals surface area contributed by atoms with E-state index in [1.807, 2.05) is 41.9 Å². The molecule has 4 aromatic rings. The molecule has 3 heterocycles. The Balaban J connectivity index is 1.57. The van der Waals surface area contributed by atoms with Gasteiger partial charge < -0.3 is 14.5 Å². The van der Waals surface area contributed by atoms with Crippen LogP contribution in [0.25, 0.3) is 10.9 Å². The fraction of sp³-hybridized carbons (Fsp3) is 0.429. The van der Waals surface area contributed by atoms with Crippen molar-refractivity contribution in [1.82, 2.24) is 30.1 Å². The highest BCUT2D eigenvalue weighted by atomic mass is 16.7. The average molecular weight is 503 g/mol. The molecule has 1 aliphatic rings. The van der Waals surface area contributed by atoms with Crippen molar-refractivity contribution >= 4 is 10.9 Å². The van der Waals surface area contributed by atoms with Gasteiger partial charge in [0.1, 0.15) is 0 Å². The van der Waals surface area contributed by atoms with E-state index in [9.17, 15) is 4.79 Å². The second-order valence-corrected chi connectivity index (χ2v) is 10.8. The van der Waals surface area contributed by atoms with E-state index >= 15 is 0 Å². The van der Waals surface area contributed by atoms with Crippen LogP contribution in [0.15, 0.2) is 41.2 Å². The molecule has 5 rings (SSSR count). The molecule has 1 aliphatic heterocycles. The molecule has 0 fully saturated rings. The minimum atomic E-state index is -0.286. The molecule has 1 atom stereocenters. The van der Waals surface area contributed by atoms with Gasteiger partial charge in [0.25, 0.3) is 5.56 Å². The molecule has 0 amide bonds. The van der Waals surface area contributed by atoms with Crippen LogP contribution in [0.2, 0.25) is 0 Å².